The summed E-state index contributed by atoms with van der Waals surface area (Å²) in [6, 6.07) is 2.15. The van der Waals surface area contributed by atoms with E-state index in [2.05, 4.69) is 0 Å². The molecule has 0 atom stereocenters. The predicted molar refractivity (Wildman–Crippen MR) is 55.4 cm³/mol. The second kappa shape index (κ2) is 4.41. The number of carbonyl (C=O) groups excluding carboxylic acids is 1. The fourth-order valence-electron chi connectivity index (χ4n) is 1.05. The molecule has 0 aromatic heterocycles. The molecular formula is C7H6NO7S2. The van der Waals surface area contributed by atoms with E-state index in [1.807, 2.05) is 0 Å². The minimum absolute atomic E-state index is 0.516. The first kappa shape index (κ1) is 13.6. The van der Waals surface area contributed by atoms with Gasteiger partial charge in [0.15, 0.2) is 0 Å². The molecule has 1 rings (SSSR count). The highest BCUT2D eigenvalue weighted by molar-refractivity contribution is 7.86. The SMILES string of the molecule is O=[C]Nc1cc(S(=O)(=O)O)ccc1S(=O)(=O)O. The third kappa shape index (κ3) is 3.23. The van der Waals surface area contributed by atoms with Crippen LogP contribution in [-0.2, 0) is 25.0 Å². The summed E-state index contributed by atoms with van der Waals surface area (Å²) < 4.78 is 60.8. The van der Waals surface area contributed by atoms with Crippen LogP contribution in [0.4, 0.5) is 5.69 Å². The number of hydrogen-bond donors (Lipinski definition) is 3. The van der Waals surface area contributed by atoms with Crippen molar-refractivity contribution < 1.29 is 30.7 Å². The van der Waals surface area contributed by atoms with Crippen molar-refractivity contribution in [3.63, 3.8) is 0 Å². The highest BCUT2D eigenvalue weighted by Gasteiger charge is 2.19. The van der Waals surface area contributed by atoms with Crippen molar-refractivity contribution in [3.8, 4) is 0 Å². The van der Waals surface area contributed by atoms with E-state index in [1.54, 1.807) is 5.32 Å². The first-order chi connectivity index (χ1) is 7.66. The zero-order valence-electron chi connectivity index (χ0n) is 7.98. The van der Waals surface area contributed by atoms with Gasteiger partial charge in [0.05, 0.1) is 10.6 Å². The van der Waals surface area contributed by atoms with Crippen LogP contribution in [0, 0.1) is 0 Å². The highest BCUT2D eigenvalue weighted by Crippen LogP contribution is 2.24. The van der Waals surface area contributed by atoms with Crippen LogP contribution < -0.4 is 5.32 Å². The van der Waals surface area contributed by atoms with Crippen molar-refractivity contribution in [2.24, 2.45) is 0 Å². The summed E-state index contributed by atoms with van der Waals surface area (Å²) in [4.78, 5) is 8.74. The predicted octanol–water partition coefficient (Wildman–Crippen LogP) is -0.341. The Balaban J connectivity index is 3.53. The van der Waals surface area contributed by atoms with Crippen LogP contribution in [0.5, 0.6) is 0 Å². The van der Waals surface area contributed by atoms with Crippen LogP contribution in [0.15, 0.2) is 28.0 Å². The molecule has 1 aromatic carbocycles. The van der Waals surface area contributed by atoms with Crippen LogP contribution >= 0.6 is 0 Å². The molecule has 1 amide bonds. The maximum absolute atomic E-state index is 10.9. The average Bonchev–Trinajstić information content (AvgIpc) is 2.15. The Morgan fingerprint density at radius 3 is 2.06 bits per heavy atom. The summed E-state index contributed by atoms with van der Waals surface area (Å²) in [5.41, 5.74) is -0.516. The maximum Gasteiger partial charge on any atom is 0.314 e. The van der Waals surface area contributed by atoms with E-state index in [-0.39, 0.29) is 0 Å². The van der Waals surface area contributed by atoms with Crippen molar-refractivity contribution in [3.05, 3.63) is 18.2 Å². The first-order valence-electron chi connectivity index (χ1n) is 3.88. The smallest absolute Gasteiger partial charge is 0.314 e. The summed E-state index contributed by atoms with van der Waals surface area (Å²) in [7, 11) is -9.19. The van der Waals surface area contributed by atoms with Gasteiger partial charge in [0.1, 0.15) is 4.90 Å². The van der Waals surface area contributed by atoms with Crippen LogP contribution in [0.2, 0.25) is 0 Å². The Morgan fingerprint density at radius 2 is 1.65 bits per heavy atom. The lowest BCUT2D eigenvalue weighted by Gasteiger charge is -2.06. The van der Waals surface area contributed by atoms with Gasteiger partial charge in [-0.2, -0.15) is 16.8 Å². The lowest BCUT2D eigenvalue weighted by atomic mass is 10.3. The molecule has 0 aliphatic rings. The second-order valence-electron chi connectivity index (χ2n) is 2.84. The van der Waals surface area contributed by atoms with Gasteiger partial charge in [-0.25, -0.2) is 0 Å². The molecule has 0 bridgehead atoms. The molecule has 0 aliphatic carbocycles. The average molecular weight is 280 g/mol. The van der Waals surface area contributed by atoms with E-state index in [4.69, 9.17) is 9.11 Å². The van der Waals surface area contributed by atoms with E-state index < -0.39 is 35.7 Å². The number of anilines is 1. The number of amides is 1. The van der Waals surface area contributed by atoms with Crippen molar-refractivity contribution in [2.45, 2.75) is 9.79 Å². The van der Waals surface area contributed by atoms with Crippen molar-refractivity contribution in [1.82, 2.24) is 0 Å². The monoisotopic (exact) mass is 280 g/mol. The molecule has 0 spiro atoms. The van der Waals surface area contributed by atoms with Gasteiger partial charge < -0.3 is 5.32 Å². The van der Waals surface area contributed by atoms with Gasteiger partial charge >= 0.3 is 6.41 Å². The van der Waals surface area contributed by atoms with Gasteiger partial charge in [-0.15, -0.1) is 0 Å². The molecule has 3 N–H and O–H groups in total. The van der Waals surface area contributed by atoms with E-state index in [1.165, 1.54) is 0 Å². The second-order valence-corrected chi connectivity index (χ2v) is 5.65. The molecule has 17 heavy (non-hydrogen) atoms. The Kier molecular flexibility index (Phi) is 3.52. The largest absolute Gasteiger partial charge is 0.316 e. The van der Waals surface area contributed by atoms with Gasteiger partial charge in [-0.05, 0) is 18.2 Å². The van der Waals surface area contributed by atoms with E-state index in [0.717, 1.165) is 18.5 Å². The summed E-state index contributed by atoms with van der Waals surface area (Å²) in [5.74, 6) is 0. The van der Waals surface area contributed by atoms with Gasteiger partial charge in [0.2, 0.25) is 0 Å². The number of hydrogen-bond acceptors (Lipinski definition) is 5. The number of benzene rings is 1. The quantitative estimate of drug-likeness (QED) is 0.506. The highest BCUT2D eigenvalue weighted by atomic mass is 32.2. The summed E-state index contributed by atoms with van der Waals surface area (Å²) >= 11 is 0. The Hall–Kier alpha value is -1.49. The van der Waals surface area contributed by atoms with Gasteiger partial charge in [0.25, 0.3) is 20.2 Å². The maximum atomic E-state index is 10.9. The fraction of sp³-hybridized carbons (Fsp3) is 0. The van der Waals surface area contributed by atoms with Crippen molar-refractivity contribution >= 4 is 32.3 Å². The fourth-order valence-corrected chi connectivity index (χ4v) is 2.18. The van der Waals surface area contributed by atoms with E-state index in [9.17, 15) is 21.6 Å². The van der Waals surface area contributed by atoms with Crippen LogP contribution in [0.25, 0.3) is 0 Å². The normalized spacial score (nSPS) is 12.1. The van der Waals surface area contributed by atoms with Gasteiger partial charge in [0, 0.05) is 0 Å². The summed E-state index contributed by atoms with van der Waals surface area (Å²) in [6.07, 6.45) is 1.12. The summed E-state index contributed by atoms with van der Waals surface area (Å²) in [5, 5.41) is 1.77. The molecule has 10 heteroatoms. The molecule has 0 unspecified atom stereocenters. The number of nitrogens with one attached hydrogen (secondary N) is 1. The summed E-state index contributed by atoms with van der Waals surface area (Å²) in [6.45, 7) is 0. The van der Waals surface area contributed by atoms with Crippen LogP contribution in [0.1, 0.15) is 0 Å². The van der Waals surface area contributed by atoms with Gasteiger partial charge in [-0.3, -0.25) is 13.9 Å². The molecule has 1 aromatic rings. The molecule has 0 fully saturated rings. The molecular weight excluding hydrogens is 274 g/mol. The van der Waals surface area contributed by atoms with Gasteiger partial charge in [-0.1, -0.05) is 0 Å². The zero-order chi connectivity index (χ0) is 13.3. The minimum atomic E-state index is -4.64. The molecule has 8 nitrogen and oxygen atoms in total. The van der Waals surface area contributed by atoms with Crippen molar-refractivity contribution in [1.29, 1.82) is 0 Å². The van der Waals surface area contributed by atoms with Crippen LogP contribution in [0.3, 0.4) is 0 Å². The Labute approximate surface area is 96.8 Å². The minimum Gasteiger partial charge on any atom is -0.316 e. The lowest BCUT2D eigenvalue weighted by Crippen LogP contribution is -2.07. The Morgan fingerprint density at radius 1 is 1.06 bits per heavy atom. The zero-order valence-corrected chi connectivity index (χ0v) is 9.62. The molecule has 0 heterocycles. The third-order valence-electron chi connectivity index (χ3n) is 1.71. The molecule has 93 valence electrons. The molecule has 1 radical (unpaired) electrons. The first-order valence-corrected chi connectivity index (χ1v) is 6.76. The molecule has 0 saturated heterocycles. The van der Waals surface area contributed by atoms with Crippen molar-refractivity contribution in [2.75, 3.05) is 5.32 Å². The van der Waals surface area contributed by atoms with E-state index in [0.29, 0.717) is 6.07 Å². The van der Waals surface area contributed by atoms with Crippen LogP contribution in [-0.4, -0.2) is 32.4 Å². The number of rotatable bonds is 4. The Bertz CT molecular complexity index is 647. The molecule has 0 saturated carbocycles. The standard InChI is InChI=1S/C7H6NO7S2/c9-4-8-6-3-5(16(10,11)12)1-2-7(6)17(13,14)15/h1-3H,(H,8,9)(H,10,11,12)(H,13,14,15). The topological polar surface area (TPSA) is 138 Å². The van der Waals surface area contributed by atoms with E-state index >= 15 is 0 Å². The lowest BCUT2D eigenvalue weighted by molar-refractivity contribution is 0.479. The third-order valence-corrected chi connectivity index (χ3v) is 3.47. The molecule has 0 aliphatic heterocycles.